The van der Waals surface area contributed by atoms with Gasteiger partial charge in [-0.3, -0.25) is 14.4 Å². The van der Waals surface area contributed by atoms with Crippen molar-refractivity contribution >= 4 is 34.8 Å². The van der Waals surface area contributed by atoms with E-state index in [-0.39, 0.29) is 102 Å². The Morgan fingerprint density at radius 3 is 1.00 bits per heavy atom. The van der Waals surface area contributed by atoms with Gasteiger partial charge in [0.25, 0.3) is 0 Å². The summed E-state index contributed by atoms with van der Waals surface area (Å²) in [7, 11) is 0. The third kappa shape index (κ3) is 21.5. The van der Waals surface area contributed by atoms with Crippen molar-refractivity contribution in [1.82, 2.24) is 0 Å². The summed E-state index contributed by atoms with van der Waals surface area (Å²) in [4.78, 5) is 45.0. The quantitative estimate of drug-likeness (QED) is 0.0224. The van der Waals surface area contributed by atoms with Gasteiger partial charge >= 0.3 is 0 Å². The molecule has 16 rings (SSSR count). The van der Waals surface area contributed by atoms with E-state index >= 15 is 0 Å². The van der Waals surface area contributed by atoms with Crippen molar-refractivity contribution in [3.63, 3.8) is 0 Å². The first-order chi connectivity index (χ1) is 61.2. The highest BCUT2D eigenvalue weighted by molar-refractivity contribution is 5.99. The summed E-state index contributed by atoms with van der Waals surface area (Å²) in [5.41, 5.74) is 10.1. The zero-order valence-electron chi connectivity index (χ0n) is 69.2. The van der Waals surface area contributed by atoms with E-state index in [9.17, 15) is 103 Å². The highest BCUT2D eigenvalue weighted by atomic mass is 19.1. The summed E-state index contributed by atoms with van der Waals surface area (Å²) in [6.45, 7) is -1.03. The first-order valence-corrected chi connectivity index (χ1v) is 42.6. The van der Waals surface area contributed by atoms with E-state index in [1.165, 1.54) is 48.5 Å². The smallest absolute Gasteiger partial charge is 0.227 e. The lowest BCUT2D eigenvalue weighted by molar-refractivity contribution is -0.231. The molecule has 22 nitrogen and oxygen atoms in total. The lowest BCUT2D eigenvalue weighted by Gasteiger charge is -2.40. The van der Waals surface area contributed by atoms with E-state index in [0.29, 0.717) is 114 Å². The van der Waals surface area contributed by atoms with Gasteiger partial charge in [0.05, 0.1) is 49.7 Å². The molecule has 672 valence electrons. The number of aliphatic hydroxyl groups is 11. The van der Waals surface area contributed by atoms with E-state index in [0.717, 1.165) is 28.1 Å². The minimum Gasteiger partial charge on any atom is -0.508 e. The second kappa shape index (κ2) is 42.6. The Kier molecular flexibility index (Phi) is 31.3. The maximum absolute atomic E-state index is 13.5. The second-order valence-electron chi connectivity index (χ2n) is 33.2. The van der Waals surface area contributed by atoms with Crippen molar-refractivity contribution in [2.24, 2.45) is 17.8 Å². The van der Waals surface area contributed by atoms with Crippen LogP contribution in [0, 0.1) is 41.0 Å². The summed E-state index contributed by atoms with van der Waals surface area (Å²) in [5, 5.41) is 145. The number of carbonyl (C=O) groups is 3. The Hall–Kier alpha value is -11.6. The molecule has 128 heavy (non-hydrogen) atoms. The maximum Gasteiger partial charge on any atom is 0.227 e. The molecule has 0 saturated carbocycles. The molecule has 26 heteroatoms. The van der Waals surface area contributed by atoms with E-state index in [2.05, 4.69) is 0 Å². The number of aliphatic hydroxyl groups excluding tert-OH is 11. The summed E-state index contributed by atoms with van der Waals surface area (Å²) < 4.78 is 64.6. The van der Waals surface area contributed by atoms with Gasteiger partial charge in [-0.1, -0.05) is 178 Å². The number of nitrogens with zero attached hydrogens (tertiary/aromatic N) is 3. The molecule has 11 aromatic rings. The average molecular weight is 1750 g/mol. The number of amides is 3. The van der Waals surface area contributed by atoms with E-state index in [4.69, 9.17) is 9.47 Å². The van der Waals surface area contributed by atoms with Crippen LogP contribution in [0.15, 0.2) is 267 Å². The summed E-state index contributed by atoms with van der Waals surface area (Å²) in [6.07, 6.45) is -9.64. The second-order valence-corrected chi connectivity index (χ2v) is 33.2. The number of hydrogen-bond donors (Lipinski definition) is 14. The van der Waals surface area contributed by atoms with Crippen LogP contribution >= 0.6 is 0 Å². The number of anilines is 3. The van der Waals surface area contributed by atoms with Gasteiger partial charge in [-0.05, 0) is 221 Å². The van der Waals surface area contributed by atoms with Crippen LogP contribution in [0.1, 0.15) is 171 Å². The van der Waals surface area contributed by atoms with Crippen LogP contribution in [0.25, 0.3) is 22.3 Å². The van der Waals surface area contributed by atoms with Gasteiger partial charge in [-0.2, -0.15) is 0 Å². The Bertz CT molecular complexity index is 5210. The molecule has 11 aromatic carbocycles. The summed E-state index contributed by atoms with van der Waals surface area (Å²) in [6, 6.07) is 72.1. The van der Waals surface area contributed by atoms with Crippen LogP contribution in [-0.4, -0.2) is 151 Å². The topological polar surface area (TPSA) is 363 Å². The molecule has 0 aliphatic carbocycles. The van der Waals surface area contributed by atoms with Crippen molar-refractivity contribution in [3.05, 3.63) is 335 Å². The van der Waals surface area contributed by atoms with Gasteiger partial charge in [0.1, 0.15) is 102 Å². The molecule has 3 amide bonds. The number of ether oxygens (including phenoxy) is 2. The first-order valence-electron chi connectivity index (χ1n) is 42.6. The van der Waals surface area contributed by atoms with Crippen LogP contribution in [0.3, 0.4) is 0 Å². The van der Waals surface area contributed by atoms with Crippen molar-refractivity contribution in [3.8, 4) is 39.5 Å². The van der Waals surface area contributed by atoms with Crippen molar-refractivity contribution in [2.45, 2.75) is 176 Å². The molecule has 5 heterocycles. The van der Waals surface area contributed by atoms with Gasteiger partial charge < -0.3 is 95.7 Å². The predicted octanol–water partition coefficient (Wildman–Crippen LogP) is 15.3. The maximum atomic E-state index is 13.5. The SMILES string of the molecule is C.O=C1CC(CCC(O)c2ccc(F)cc2)C(c2ccc(O)cc2)N1c1ccc(F)cc1.O=C1C[C@H](CCCC(O)c2ccc(F)cc2)[C@@H](c2ccc(-c3ccc([C@@H]4O[C@H](CO)[C@@H](O)[C@H](O)[C@H]4O)cc3)cc2O)N1c1ccccc1.O=C1C[C@H](CCC[C@@H](O)c2ccc(F)cc2)[C@@H](c2ccc(-c3ccc([C@@H]4O[C@H](CO)[C@@H](O)[C@H](O)[C@H]4O)cc3)cc2O)N1c1ccccc1. The largest absolute Gasteiger partial charge is 0.508 e. The number of phenolic OH excluding ortho intramolecular Hbond substituents is 3. The molecular formula is C102H107F4N3O19. The number of halogens is 4. The Morgan fingerprint density at radius 1 is 0.336 bits per heavy atom. The molecular weight excluding hydrogens is 1650 g/mol. The molecule has 0 aromatic heterocycles. The minimum absolute atomic E-state index is 0. The van der Waals surface area contributed by atoms with Crippen molar-refractivity contribution < 1.29 is 113 Å². The number of hydrogen-bond acceptors (Lipinski definition) is 19. The van der Waals surface area contributed by atoms with Crippen molar-refractivity contribution in [1.29, 1.82) is 0 Å². The number of phenols is 3. The summed E-state index contributed by atoms with van der Waals surface area (Å²) >= 11 is 0. The number of rotatable bonds is 26. The van der Waals surface area contributed by atoms with E-state index < -0.39 is 105 Å². The fourth-order valence-corrected chi connectivity index (χ4v) is 18.3. The third-order valence-electron chi connectivity index (χ3n) is 25.0. The van der Waals surface area contributed by atoms with Crippen LogP contribution in [0.5, 0.6) is 17.2 Å². The monoisotopic (exact) mass is 1750 g/mol. The standard InChI is InChI=1S/2C38H40FNO8.C25H23F2NO3.CH4/c2*39-27-16-13-23(14-17-27)30(42)8-4-5-26-20-33(44)40(28-6-2-1-3-7-28)34(26)29-18-15-25(19-31(29)43)22-9-11-24(12-10-22)38-37(47)36(46)35(45)32(21-41)48-38;26-19-6-1-16(2-7-19)23(30)14-5-18-15-24(31)28(21-10-8-20(27)9-11-21)25(18)17-3-12-22(29)13-4-17;/h2*1-3,6-7,9-19,26,30,32,34-38,41-43,45-47H,4-5,8,20-21H2;1-4,6-13,18,23,25,29-30H,5,14-15H2;1H4/t26-,30?,32+,34-,35+,36-,37+,38-;26-,30+,32+,34-,35+,36-,37+,38-;;/m00../s1. The van der Waals surface area contributed by atoms with Crippen LogP contribution in [0.4, 0.5) is 34.6 Å². The number of para-hydroxylation sites is 2. The number of carbonyl (C=O) groups excluding carboxylic acids is 3. The summed E-state index contributed by atoms with van der Waals surface area (Å²) in [5.74, 6) is -1.82. The number of aromatic hydroxyl groups is 3. The Morgan fingerprint density at radius 2 is 0.648 bits per heavy atom. The van der Waals surface area contributed by atoms with Gasteiger partial charge in [0.15, 0.2) is 0 Å². The van der Waals surface area contributed by atoms with Crippen LogP contribution in [0.2, 0.25) is 0 Å². The predicted molar refractivity (Wildman–Crippen MR) is 473 cm³/mol. The first kappa shape index (κ1) is 94.1. The van der Waals surface area contributed by atoms with Crippen LogP contribution < -0.4 is 14.7 Å². The molecule has 0 spiro atoms. The molecule has 14 N–H and O–H groups in total. The van der Waals surface area contributed by atoms with Crippen molar-refractivity contribution in [2.75, 3.05) is 27.9 Å². The Labute approximate surface area is 739 Å². The lowest BCUT2D eigenvalue weighted by Crippen LogP contribution is -2.55. The fraction of sp³-hybridized carbons (Fsp3) is 0.324. The zero-order chi connectivity index (χ0) is 89.9. The molecule has 19 atom stereocenters. The minimum atomic E-state index is -1.48. The fourth-order valence-electron chi connectivity index (χ4n) is 18.3. The van der Waals surface area contributed by atoms with Gasteiger partial charge in [0.2, 0.25) is 17.7 Å². The molecule has 5 aliphatic rings. The molecule has 5 fully saturated rings. The Balaban J connectivity index is 0.000000168. The lowest BCUT2D eigenvalue weighted by atomic mass is 9.87. The van der Waals surface area contributed by atoms with Gasteiger partial charge in [0, 0.05) is 47.5 Å². The molecule has 5 saturated heterocycles. The molecule has 4 unspecified atom stereocenters. The van der Waals surface area contributed by atoms with Crippen LogP contribution in [-0.2, 0) is 23.9 Å². The zero-order valence-corrected chi connectivity index (χ0v) is 69.2. The van der Waals surface area contributed by atoms with Gasteiger partial charge in [-0.25, -0.2) is 17.6 Å². The molecule has 0 radical (unpaired) electrons. The number of benzene rings is 11. The molecule has 0 bridgehead atoms. The normalized spacial score (nSPS) is 24.6. The highest BCUT2D eigenvalue weighted by Gasteiger charge is 2.48. The highest BCUT2D eigenvalue weighted by Crippen LogP contribution is 2.51. The van der Waals surface area contributed by atoms with E-state index in [1.54, 1.807) is 148 Å². The van der Waals surface area contributed by atoms with Gasteiger partial charge in [-0.15, -0.1) is 0 Å². The molecule has 5 aliphatic heterocycles. The average Bonchev–Trinajstić information content (AvgIpc) is 1.59. The third-order valence-corrected chi connectivity index (χ3v) is 25.0. The van der Waals surface area contributed by atoms with E-state index in [1.807, 2.05) is 84.9 Å².